The maximum absolute atomic E-state index is 9.57. The predicted octanol–water partition coefficient (Wildman–Crippen LogP) is 0.601. The third kappa shape index (κ3) is 3.37. The molecule has 1 aliphatic heterocycles. The van der Waals surface area contributed by atoms with Crippen LogP contribution in [0.1, 0.15) is 11.1 Å². The van der Waals surface area contributed by atoms with E-state index >= 15 is 0 Å². The van der Waals surface area contributed by atoms with Gasteiger partial charge in [0.05, 0.1) is 20.8 Å². The average Bonchev–Trinajstić information content (AvgIpc) is 2.47. The van der Waals surface area contributed by atoms with Gasteiger partial charge in [-0.15, -0.1) is 0 Å². The van der Waals surface area contributed by atoms with E-state index in [1.54, 1.807) is 14.2 Å². The molecule has 1 saturated heterocycles. The fourth-order valence-electron chi connectivity index (χ4n) is 2.41. The van der Waals surface area contributed by atoms with Gasteiger partial charge in [0.15, 0.2) is 0 Å². The Kier molecular flexibility index (Phi) is 5.01. The van der Waals surface area contributed by atoms with Gasteiger partial charge in [0, 0.05) is 44.4 Å². The molecule has 1 heterocycles. The number of piperazine rings is 1. The van der Waals surface area contributed by atoms with Crippen molar-refractivity contribution in [2.75, 3.05) is 40.4 Å². The summed E-state index contributed by atoms with van der Waals surface area (Å²) in [6, 6.07) is 3.79. The maximum Gasteiger partial charge on any atom is 0.128 e. The molecule has 5 nitrogen and oxygen atoms in total. The topological polar surface area (TPSA) is 54.0 Å². The molecule has 5 heteroatoms. The van der Waals surface area contributed by atoms with Crippen molar-refractivity contribution >= 4 is 0 Å². The Balaban J connectivity index is 2.25. The van der Waals surface area contributed by atoms with Gasteiger partial charge in [-0.2, -0.15) is 0 Å². The van der Waals surface area contributed by atoms with Crippen LogP contribution < -0.4 is 14.8 Å². The molecule has 0 bridgehead atoms. The number of benzene rings is 1. The lowest BCUT2D eigenvalue weighted by atomic mass is 10.1. The molecule has 1 aromatic carbocycles. The van der Waals surface area contributed by atoms with E-state index in [1.807, 2.05) is 12.1 Å². The molecular formula is C14H22N2O3. The summed E-state index contributed by atoms with van der Waals surface area (Å²) < 4.78 is 10.6. The van der Waals surface area contributed by atoms with Crippen molar-refractivity contribution in [3.8, 4) is 11.5 Å². The van der Waals surface area contributed by atoms with Crippen molar-refractivity contribution in [2.45, 2.75) is 13.2 Å². The first-order valence-electron chi connectivity index (χ1n) is 6.56. The smallest absolute Gasteiger partial charge is 0.128 e. The minimum atomic E-state index is -0.0193. The summed E-state index contributed by atoms with van der Waals surface area (Å²) in [7, 11) is 3.25. The van der Waals surface area contributed by atoms with E-state index in [4.69, 9.17) is 9.47 Å². The van der Waals surface area contributed by atoms with Gasteiger partial charge in [0.2, 0.25) is 0 Å². The molecule has 2 N–H and O–H groups in total. The molecule has 0 spiro atoms. The highest BCUT2D eigenvalue weighted by molar-refractivity contribution is 5.46. The van der Waals surface area contributed by atoms with Crippen LogP contribution in [0.3, 0.4) is 0 Å². The molecule has 1 fully saturated rings. The minimum Gasteiger partial charge on any atom is -0.497 e. The van der Waals surface area contributed by atoms with E-state index in [1.165, 1.54) is 0 Å². The number of methoxy groups -OCH3 is 2. The second-order valence-electron chi connectivity index (χ2n) is 4.65. The van der Waals surface area contributed by atoms with Gasteiger partial charge in [-0.3, -0.25) is 4.90 Å². The number of aliphatic hydroxyl groups is 1. The summed E-state index contributed by atoms with van der Waals surface area (Å²) in [5.41, 5.74) is 1.92. The van der Waals surface area contributed by atoms with Crippen molar-refractivity contribution in [1.29, 1.82) is 0 Å². The van der Waals surface area contributed by atoms with Crippen LogP contribution in [0.5, 0.6) is 11.5 Å². The monoisotopic (exact) mass is 266 g/mol. The number of ether oxygens (including phenoxy) is 2. The minimum absolute atomic E-state index is 0.0193. The van der Waals surface area contributed by atoms with Crippen molar-refractivity contribution in [3.05, 3.63) is 23.3 Å². The zero-order valence-corrected chi connectivity index (χ0v) is 11.6. The molecular weight excluding hydrogens is 244 g/mol. The van der Waals surface area contributed by atoms with Crippen molar-refractivity contribution in [3.63, 3.8) is 0 Å². The summed E-state index contributed by atoms with van der Waals surface area (Å²) in [6.45, 7) is 4.85. The molecule has 1 aliphatic rings. The number of nitrogens with zero attached hydrogens (tertiary/aromatic N) is 1. The lowest BCUT2D eigenvalue weighted by Gasteiger charge is -2.28. The highest BCUT2D eigenvalue weighted by atomic mass is 16.5. The third-order valence-corrected chi connectivity index (χ3v) is 3.49. The van der Waals surface area contributed by atoms with Crippen molar-refractivity contribution in [2.24, 2.45) is 0 Å². The third-order valence-electron chi connectivity index (χ3n) is 3.49. The summed E-state index contributed by atoms with van der Waals surface area (Å²) in [4.78, 5) is 2.36. The van der Waals surface area contributed by atoms with E-state index in [2.05, 4.69) is 10.2 Å². The summed E-state index contributed by atoms with van der Waals surface area (Å²) >= 11 is 0. The molecule has 0 amide bonds. The Labute approximate surface area is 114 Å². The first-order valence-corrected chi connectivity index (χ1v) is 6.56. The fraction of sp³-hybridized carbons (Fsp3) is 0.571. The standard InChI is InChI=1S/C14H22N2O3/c1-18-12-7-11(9-16-5-3-15-4-6-16)13(10-17)14(8-12)19-2/h7-8,15,17H,3-6,9-10H2,1-2H3. The quantitative estimate of drug-likeness (QED) is 0.817. The van der Waals surface area contributed by atoms with Crippen LogP contribution >= 0.6 is 0 Å². The maximum atomic E-state index is 9.57. The second-order valence-corrected chi connectivity index (χ2v) is 4.65. The average molecular weight is 266 g/mol. The molecule has 106 valence electrons. The van der Waals surface area contributed by atoms with Crippen LogP contribution in [0.2, 0.25) is 0 Å². The number of aliphatic hydroxyl groups excluding tert-OH is 1. The highest BCUT2D eigenvalue weighted by Crippen LogP contribution is 2.29. The van der Waals surface area contributed by atoms with Crippen molar-refractivity contribution in [1.82, 2.24) is 10.2 Å². The Bertz CT molecular complexity index is 417. The first kappa shape index (κ1) is 14.1. The predicted molar refractivity (Wildman–Crippen MR) is 73.6 cm³/mol. The van der Waals surface area contributed by atoms with E-state index in [-0.39, 0.29) is 6.61 Å². The molecule has 0 unspecified atom stereocenters. The zero-order chi connectivity index (χ0) is 13.7. The summed E-state index contributed by atoms with van der Waals surface area (Å²) in [5, 5.41) is 12.9. The van der Waals surface area contributed by atoms with Gasteiger partial charge in [0.25, 0.3) is 0 Å². The van der Waals surface area contributed by atoms with Crippen LogP contribution in [-0.2, 0) is 13.2 Å². The molecule has 2 rings (SSSR count). The van der Waals surface area contributed by atoms with Crippen LogP contribution in [0.15, 0.2) is 12.1 Å². The Morgan fingerprint density at radius 1 is 1.21 bits per heavy atom. The summed E-state index contributed by atoms with van der Waals surface area (Å²) in [5.74, 6) is 1.45. The second kappa shape index (κ2) is 6.75. The van der Waals surface area contributed by atoms with Crippen LogP contribution in [-0.4, -0.2) is 50.4 Å². The van der Waals surface area contributed by atoms with Gasteiger partial charge >= 0.3 is 0 Å². The van der Waals surface area contributed by atoms with E-state index in [9.17, 15) is 5.11 Å². The normalized spacial score (nSPS) is 16.4. The molecule has 0 aromatic heterocycles. The number of hydrogen-bond donors (Lipinski definition) is 2. The van der Waals surface area contributed by atoms with Gasteiger partial charge in [-0.05, 0) is 11.6 Å². The van der Waals surface area contributed by atoms with Gasteiger partial charge in [-0.1, -0.05) is 0 Å². The molecule has 19 heavy (non-hydrogen) atoms. The Hall–Kier alpha value is -1.30. The first-order chi connectivity index (χ1) is 9.28. The zero-order valence-electron chi connectivity index (χ0n) is 11.6. The van der Waals surface area contributed by atoms with Gasteiger partial charge in [0.1, 0.15) is 11.5 Å². The lowest BCUT2D eigenvalue weighted by molar-refractivity contribution is 0.226. The molecule has 0 saturated carbocycles. The number of nitrogens with one attached hydrogen (secondary N) is 1. The number of hydrogen-bond acceptors (Lipinski definition) is 5. The molecule has 1 aromatic rings. The van der Waals surface area contributed by atoms with Crippen molar-refractivity contribution < 1.29 is 14.6 Å². The largest absolute Gasteiger partial charge is 0.497 e. The van der Waals surface area contributed by atoms with E-state index < -0.39 is 0 Å². The van der Waals surface area contributed by atoms with E-state index in [0.717, 1.165) is 49.6 Å². The van der Waals surface area contributed by atoms with Gasteiger partial charge < -0.3 is 19.9 Å². The van der Waals surface area contributed by atoms with Crippen LogP contribution in [0, 0.1) is 0 Å². The number of rotatable bonds is 5. The highest BCUT2D eigenvalue weighted by Gasteiger charge is 2.16. The van der Waals surface area contributed by atoms with E-state index in [0.29, 0.717) is 5.75 Å². The molecule has 0 radical (unpaired) electrons. The Morgan fingerprint density at radius 2 is 1.95 bits per heavy atom. The van der Waals surface area contributed by atoms with Crippen LogP contribution in [0.25, 0.3) is 0 Å². The SMILES string of the molecule is COc1cc(CN2CCNCC2)c(CO)c(OC)c1. The lowest BCUT2D eigenvalue weighted by Crippen LogP contribution is -2.43. The molecule has 0 atom stereocenters. The molecule has 0 aliphatic carbocycles. The van der Waals surface area contributed by atoms with Crippen LogP contribution in [0.4, 0.5) is 0 Å². The van der Waals surface area contributed by atoms with Gasteiger partial charge in [-0.25, -0.2) is 0 Å². The Morgan fingerprint density at radius 3 is 2.53 bits per heavy atom. The fourth-order valence-corrected chi connectivity index (χ4v) is 2.41. The summed E-state index contributed by atoms with van der Waals surface area (Å²) in [6.07, 6.45) is 0.